The monoisotopic (exact) mass is 221 g/mol. The number of amides is 2. The number of hydrogen-bond donors (Lipinski definition) is 0. The first-order valence-electron chi connectivity index (χ1n) is 4.52. The Morgan fingerprint density at radius 2 is 2.00 bits per heavy atom. The molecule has 6 heteroatoms. The summed E-state index contributed by atoms with van der Waals surface area (Å²) in [6.07, 6.45) is -1.93. The molecular weight excluding hydrogens is 208 g/mol. The zero-order valence-corrected chi connectivity index (χ0v) is 8.84. The smallest absolute Gasteiger partial charge is 0.417 e. The largest absolute Gasteiger partial charge is 0.443 e. The van der Waals surface area contributed by atoms with Gasteiger partial charge in [-0.3, -0.25) is 4.79 Å². The number of carbonyl (C=O) groups excluding carboxylic acids is 2. The summed E-state index contributed by atoms with van der Waals surface area (Å²) >= 11 is 0. The molecule has 0 spiro atoms. The zero-order valence-electron chi connectivity index (χ0n) is 8.84. The van der Waals surface area contributed by atoms with Crippen LogP contribution in [0.3, 0.4) is 0 Å². The lowest BCUT2D eigenvalue weighted by Crippen LogP contribution is -2.38. The molecule has 1 aliphatic heterocycles. The molecule has 0 unspecified atom stereocenters. The molecule has 2 amide bonds. The minimum Gasteiger partial charge on any atom is -0.443 e. The summed E-state index contributed by atoms with van der Waals surface area (Å²) in [5.41, 5.74) is -0.796. The molecule has 0 aromatic carbocycles. The average Bonchev–Trinajstić information content (AvgIpc) is 2.20. The van der Waals surface area contributed by atoms with Crippen molar-refractivity contribution in [3.05, 3.63) is 0 Å². The van der Waals surface area contributed by atoms with Gasteiger partial charge in [-0.15, -0.1) is 0 Å². The molecule has 1 aliphatic rings. The molecule has 1 fully saturated rings. The lowest BCUT2D eigenvalue weighted by molar-refractivity contribution is -0.127. The normalized spacial score (nSPS) is 20.6. The first kappa shape index (κ1) is 11.9. The average molecular weight is 221 g/mol. The maximum Gasteiger partial charge on any atom is 0.417 e. The van der Waals surface area contributed by atoms with Crippen LogP contribution in [0.1, 0.15) is 27.2 Å². The minimum absolute atomic E-state index is 0.450. The molecule has 0 radical (unpaired) electrons. The summed E-state index contributed by atoms with van der Waals surface area (Å²) < 4.78 is 30.4. The van der Waals surface area contributed by atoms with E-state index in [9.17, 15) is 18.4 Å². The molecule has 0 N–H and O–H groups in total. The van der Waals surface area contributed by atoms with Crippen molar-refractivity contribution in [1.82, 2.24) is 4.90 Å². The van der Waals surface area contributed by atoms with E-state index in [0.29, 0.717) is 4.90 Å². The second-order valence-corrected chi connectivity index (χ2v) is 4.49. The highest BCUT2D eigenvalue weighted by Gasteiger charge is 2.47. The second kappa shape index (κ2) is 3.43. The Balaban J connectivity index is 2.67. The number of nitrogens with zero attached hydrogens (tertiary/aromatic N) is 1. The number of alkyl halides is 2. The number of carbonyl (C=O) groups is 2. The summed E-state index contributed by atoms with van der Waals surface area (Å²) in [5.74, 6) is -4.03. The maximum atomic E-state index is 12.8. The molecule has 1 saturated heterocycles. The molecule has 0 aromatic heterocycles. The van der Waals surface area contributed by atoms with E-state index in [2.05, 4.69) is 0 Å². The van der Waals surface area contributed by atoms with Gasteiger partial charge in [-0.05, 0) is 20.8 Å². The van der Waals surface area contributed by atoms with Crippen molar-refractivity contribution in [3.63, 3.8) is 0 Å². The molecule has 0 aliphatic carbocycles. The van der Waals surface area contributed by atoms with E-state index in [1.165, 1.54) is 0 Å². The Morgan fingerprint density at radius 1 is 1.47 bits per heavy atom. The molecule has 1 heterocycles. The van der Waals surface area contributed by atoms with Crippen molar-refractivity contribution in [2.24, 2.45) is 0 Å². The Hall–Kier alpha value is -1.20. The molecular formula is C9H13F2NO3. The lowest BCUT2D eigenvalue weighted by atomic mass is 10.2. The van der Waals surface area contributed by atoms with Gasteiger partial charge in [0.1, 0.15) is 5.60 Å². The number of halogens is 2. The zero-order chi connectivity index (χ0) is 11.9. The van der Waals surface area contributed by atoms with Crippen molar-refractivity contribution >= 4 is 12.0 Å². The molecule has 0 aromatic rings. The van der Waals surface area contributed by atoms with Gasteiger partial charge in [0.15, 0.2) is 0 Å². The Labute approximate surface area is 86.2 Å². The van der Waals surface area contributed by atoms with Crippen molar-refractivity contribution in [2.75, 3.05) is 6.54 Å². The van der Waals surface area contributed by atoms with Crippen LogP contribution in [-0.2, 0) is 9.53 Å². The first-order chi connectivity index (χ1) is 6.61. The summed E-state index contributed by atoms with van der Waals surface area (Å²) in [5, 5.41) is 0. The molecule has 0 atom stereocenters. The van der Waals surface area contributed by atoms with Crippen molar-refractivity contribution in [1.29, 1.82) is 0 Å². The number of rotatable bonds is 0. The van der Waals surface area contributed by atoms with E-state index in [1.54, 1.807) is 20.8 Å². The highest BCUT2D eigenvalue weighted by Crippen LogP contribution is 2.28. The lowest BCUT2D eigenvalue weighted by Gasteiger charge is -2.23. The Kier molecular flexibility index (Phi) is 2.71. The van der Waals surface area contributed by atoms with Crippen LogP contribution < -0.4 is 0 Å². The minimum atomic E-state index is -3.13. The molecule has 4 nitrogen and oxygen atoms in total. The van der Waals surface area contributed by atoms with Crippen LogP contribution in [0.4, 0.5) is 13.6 Å². The van der Waals surface area contributed by atoms with E-state index >= 15 is 0 Å². The molecule has 0 saturated carbocycles. The van der Waals surface area contributed by atoms with Crippen LogP contribution in [-0.4, -0.2) is 35.0 Å². The van der Waals surface area contributed by atoms with Crippen LogP contribution >= 0.6 is 0 Å². The third-order valence-corrected chi connectivity index (χ3v) is 1.71. The predicted molar refractivity (Wildman–Crippen MR) is 47.5 cm³/mol. The highest BCUT2D eigenvalue weighted by atomic mass is 19.3. The van der Waals surface area contributed by atoms with Gasteiger partial charge in [0.05, 0.1) is 13.0 Å². The SMILES string of the molecule is CC(C)(C)OC(=O)N1CC(F)(F)CC1=O. The molecule has 1 rings (SSSR count). The summed E-state index contributed by atoms with van der Waals surface area (Å²) in [7, 11) is 0. The van der Waals surface area contributed by atoms with Crippen molar-refractivity contribution in [3.8, 4) is 0 Å². The quantitative estimate of drug-likeness (QED) is 0.626. The van der Waals surface area contributed by atoms with Crippen LogP contribution in [0, 0.1) is 0 Å². The number of likely N-dealkylation sites (tertiary alicyclic amines) is 1. The molecule has 15 heavy (non-hydrogen) atoms. The van der Waals surface area contributed by atoms with Crippen LogP contribution in [0.5, 0.6) is 0 Å². The second-order valence-electron chi connectivity index (χ2n) is 4.49. The van der Waals surface area contributed by atoms with Gasteiger partial charge in [0, 0.05) is 0 Å². The fourth-order valence-corrected chi connectivity index (χ4v) is 1.18. The van der Waals surface area contributed by atoms with E-state index in [1.807, 2.05) is 0 Å². The van der Waals surface area contributed by atoms with Gasteiger partial charge in [0.25, 0.3) is 5.92 Å². The highest BCUT2D eigenvalue weighted by molar-refractivity contribution is 5.94. The number of imide groups is 1. The summed E-state index contributed by atoms with van der Waals surface area (Å²) in [4.78, 5) is 22.8. The van der Waals surface area contributed by atoms with E-state index < -0.39 is 36.5 Å². The van der Waals surface area contributed by atoms with Crippen LogP contribution in [0.25, 0.3) is 0 Å². The fourth-order valence-electron chi connectivity index (χ4n) is 1.18. The topological polar surface area (TPSA) is 46.6 Å². The molecule has 86 valence electrons. The van der Waals surface area contributed by atoms with Gasteiger partial charge in [-0.25, -0.2) is 18.5 Å². The fraction of sp³-hybridized carbons (Fsp3) is 0.778. The van der Waals surface area contributed by atoms with Gasteiger partial charge < -0.3 is 4.74 Å². The van der Waals surface area contributed by atoms with Crippen LogP contribution in [0.2, 0.25) is 0 Å². The van der Waals surface area contributed by atoms with Gasteiger partial charge in [0.2, 0.25) is 5.91 Å². The predicted octanol–water partition coefficient (Wildman–Crippen LogP) is 1.79. The van der Waals surface area contributed by atoms with E-state index in [-0.39, 0.29) is 0 Å². The maximum absolute atomic E-state index is 12.8. The van der Waals surface area contributed by atoms with Gasteiger partial charge in [-0.2, -0.15) is 0 Å². The van der Waals surface area contributed by atoms with Gasteiger partial charge >= 0.3 is 6.09 Å². The molecule has 0 bridgehead atoms. The summed E-state index contributed by atoms with van der Waals surface area (Å²) in [6.45, 7) is 3.91. The standard InChI is InChI=1S/C9H13F2NO3/c1-8(2,3)15-7(14)12-5-9(10,11)4-6(12)13/h4-5H2,1-3H3. The summed E-state index contributed by atoms with van der Waals surface area (Å²) in [6, 6.07) is 0. The van der Waals surface area contributed by atoms with E-state index in [4.69, 9.17) is 4.74 Å². The third kappa shape index (κ3) is 3.14. The number of hydrogen-bond acceptors (Lipinski definition) is 3. The van der Waals surface area contributed by atoms with Crippen molar-refractivity contribution < 1.29 is 23.1 Å². The first-order valence-corrected chi connectivity index (χ1v) is 4.52. The van der Waals surface area contributed by atoms with E-state index in [0.717, 1.165) is 0 Å². The van der Waals surface area contributed by atoms with Crippen LogP contribution in [0.15, 0.2) is 0 Å². The number of ether oxygens (including phenoxy) is 1. The van der Waals surface area contributed by atoms with Crippen molar-refractivity contribution in [2.45, 2.75) is 38.7 Å². The van der Waals surface area contributed by atoms with Gasteiger partial charge in [-0.1, -0.05) is 0 Å². The third-order valence-electron chi connectivity index (χ3n) is 1.71. The Morgan fingerprint density at radius 3 is 2.33 bits per heavy atom. The Bertz CT molecular complexity index is 296.